The van der Waals surface area contributed by atoms with Crippen LogP contribution in [0, 0.1) is 27.7 Å². The van der Waals surface area contributed by atoms with Crippen molar-refractivity contribution in [2.45, 2.75) is 27.7 Å². The second-order valence-corrected chi connectivity index (χ2v) is 7.62. The maximum atomic E-state index is 4.85. The van der Waals surface area contributed by atoms with Crippen LogP contribution in [0.25, 0.3) is 43.7 Å². The normalized spacial score (nSPS) is 11.3. The van der Waals surface area contributed by atoms with Crippen molar-refractivity contribution in [2.75, 3.05) is 0 Å². The summed E-state index contributed by atoms with van der Waals surface area (Å²) in [5, 5.41) is 4.92. The predicted molar refractivity (Wildman–Crippen MR) is 114 cm³/mol. The van der Waals surface area contributed by atoms with E-state index in [2.05, 4.69) is 70.2 Å². The molecule has 0 aliphatic carbocycles. The van der Waals surface area contributed by atoms with E-state index in [1.807, 2.05) is 12.4 Å². The van der Waals surface area contributed by atoms with E-state index >= 15 is 0 Å². The first-order valence-electron chi connectivity index (χ1n) is 9.35. The van der Waals surface area contributed by atoms with Gasteiger partial charge in [0.2, 0.25) is 0 Å². The summed E-state index contributed by atoms with van der Waals surface area (Å²) in [6.45, 7) is 8.60. The standard InChI is InChI=1S/C25H21N2.Ir/c1-14-8-9-18-19(10-14)20-11-15(2)12-26-24(20)25-23(18)21(13-27-25)22-16(3)6-5-7-17(22)4;/h5-13H,1-4H3;/q-1;. The maximum Gasteiger partial charge on any atom is 0.0568 e. The zero-order chi connectivity index (χ0) is 18.7. The summed E-state index contributed by atoms with van der Waals surface area (Å²) < 4.78 is 0. The van der Waals surface area contributed by atoms with Crippen molar-refractivity contribution in [2.24, 2.45) is 0 Å². The number of nitrogens with zero attached hydrogens (tertiary/aromatic N) is 2. The molecule has 0 spiro atoms. The molecular formula is C25H21IrN2-. The number of aryl methyl sites for hydroxylation is 4. The summed E-state index contributed by atoms with van der Waals surface area (Å²) in [5.41, 5.74) is 9.48. The molecule has 0 aliphatic heterocycles. The van der Waals surface area contributed by atoms with Gasteiger partial charge in [0, 0.05) is 31.7 Å². The number of rotatable bonds is 1. The second kappa shape index (κ2) is 6.84. The molecular weight excluding hydrogens is 521 g/mol. The largest absolute Gasteiger partial charge is 0.661 e. The zero-order valence-electron chi connectivity index (χ0n) is 16.4. The van der Waals surface area contributed by atoms with E-state index in [-0.39, 0.29) is 20.1 Å². The molecule has 3 aromatic carbocycles. The van der Waals surface area contributed by atoms with Crippen molar-refractivity contribution in [3.63, 3.8) is 0 Å². The van der Waals surface area contributed by atoms with Crippen molar-refractivity contribution in [3.8, 4) is 11.1 Å². The van der Waals surface area contributed by atoms with Crippen LogP contribution in [0.4, 0.5) is 0 Å². The van der Waals surface area contributed by atoms with Crippen LogP contribution in [0.5, 0.6) is 0 Å². The van der Waals surface area contributed by atoms with Crippen LogP contribution >= 0.6 is 0 Å². The molecule has 2 nitrogen and oxygen atoms in total. The first kappa shape index (κ1) is 18.9. The predicted octanol–water partition coefficient (Wildman–Crippen LogP) is 6.40. The summed E-state index contributed by atoms with van der Waals surface area (Å²) in [6.07, 6.45) is 3.97. The molecule has 0 aliphatic rings. The fourth-order valence-corrected chi connectivity index (χ4v) is 4.33. The summed E-state index contributed by atoms with van der Waals surface area (Å²) in [5.74, 6) is 0. The van der Waals surface area contributed by atoms with E-state index in [0.717, 1.165) is 11.0 Å². The van der Waals surface area contributed by atoms with Crippen LogP contribution in [-0.4, -0.2) is 4.98 Å². The van der Waals surface area contributed by atoms with E-state index in [4.69, 9.17) is 9.97 Å². The van der Waals surface area contributed by atoms with Crippen molar-refractivity contribution in [1.29, 1.82) is 0 Å². The Balaban J connectivity index is 0.00000192. The molecule has 0 N–H and O–H groups in total. The Kier molecular flexibility index (Phi) is 4.61. The fourth-order valence-electron chi connectivity index (χ4n) is 4.33. The Morgan fingerprint density at radius 1 is 0.786 bits per heavy atom. The molecule has 2 aromatic heterocycles. The second-order valence-electron chi connectivity index (χ2n) is 7.62. The molecule has 0 saturated heterocycles. The van der Waals surface area contributed by atoms with Gasteiger partial charge in [0.05, 0.1) is 5.52 Å². The van der Waals surface area contributed by atoms with E-state index in [1.54, 1.807) is 0 Å². The Bertz CT molecular complexity index is 1340. The van der Waals surface area contributed by atoms with Gasteiger partial charge in [-0.1, -0.05) is 42.0 Å². The number of benzene rings is 3. The topological polar surface area (TPSA) is 27.0 Å². The Labute approximate surface area is 178 Å². The minimum atomic E-state index is 0. The van der Waals surface area contributed by atoms with E-state index in [1.165, 1.54) is 54.9 Å². The molecule has 0 amide bonds. The van der Waals surface area contributed by atoms with Crippen molar-refractivity contribution < 1.29 is 20.1 Å². The van der Waals surface area contributed by atoms with Crippen LogP contribution in [0.15, 0.2) is 54.9 Å². The van der Waals surface area contributed by atoms with Crippen LogP contribution in [0.2, 0.25) is 0 Å². The Morgan fingerprint density at radius 3 is 2.25 bits per heavy atom. The number of fused-ring (bicyclic) bond motifs is 6. The molecule has 0 atom stereocenters. The number of hydrogen-bond acceptors (Lipinski definition) is 1. The minimum Gasteiger partial charge on any atom is -0.661 e. The van der Waals surface area contributed by atoms with Crippen LogP contribution < -0.4 is 4.98 Å². The van der Waals surface area contributed by atoms with Gasteiger partial charge in [-0.3, -0.25) is 4.98 Å². The van der Waals surface area contributed by atoms with Crippen molar-refractivity contribution >= 4 is 32.6 Å². The number of aromatic nitrogens is 2. The Hall–Kier alpha value is -2.48. The van der Waals surface area contributed by atoms with Gasteiger partial charge in [-0.2, -0.15) is 6.20 Å². The molecule has 1 radical (unpaired) electrons. The molecule has 141 valence electrons. The number of hydrogen-bond donors (Lipinski definition) is 0. The van der Waals surface area contributed by atoms with Gasteiger partial charge in [0.15, 0.2) is 0 Å². The molecule has 0 saturated carbocycles. The molecule has 0 fully saturated rings. The van der Waals surface area contributed by atoms with Crippen LogP contribution in [-0.2, 0) is 20.1 Å². The van der Waals surface area contributed by atoms with Gasteiger partial charge < -0.3 is 4.98 Å². The molecule has 0 bridgehead atoms. The zero-order valence-corrected chi connectivity index (χ0v) is 18.8. The maximum absolute atomic E-state index is 4.85. The molecule has 28 heavy (non-hydrogen) atoms. The smallest absolute Gasteiger partial charge is 0.0568 e. The molecule has 0 unspecified atom stereocenters. The van der Waals surface area contributed by atoms with E-state index in [0.29, 0.717) is 0 Å². The minimum absolute atomic E-state index is 0. The summed E-state index contributed by atoms with van der Waals surface area (Å²) in [7, 11) is 0. The van der Waals surface area contributed by atoms with Gasteiger partial charge in [-0.25, -0.2) is 0 Å². The van der Waals surface area contributed by atoms with Gasteiger partial charge in [-0.05, 0) is 77.7 Å². The molecule has 3 heteroatoms. The molecule has 2 heterocycles. The average molecular weight is 542 g/mol. The van der Waals surface area contributed by atoms with Gasteiger partial charge in [0.1, 0.15) is 0 Å². The monoisotopic (exact) mass is 542 g/mol. The third kappa shape index (κ3) is 2.70. The molecule has 5 aromatic rings. The van der Waals surface area contributed by atoms with E-state index in [9.17, 15) is 0 Å². The van der Waals surface area contributed by atoms with Crippen molar-refractivity contribution in [3.05, 3.63) is 77.1 Å². The first-order valence-corrected chi connectivity index (χ1v) is 9.35. The Morgan fingerprint density at radius 2 is 1.50 bits per heavy atom. The van der Waals surface area contributed by atoms with E-state index < -0.39 is 0 Å². The third-order valence-corrected chi connectivity index (χ3v) is 5.56. The van der Waals surface area contributed by atoms with Crippen LogP contribution in [0.1, 0.15) is 22.3 Å². The van der Waals surface area contributed by atoms with Gasteiger partial charge in [0.25, 0.3) is 0 Å². The molecule has 5 rings (SSSR count). The summed E-state index contributed by atoms with van der Waals surface area (Å²) >= 11 is 0. The summed E-state index contributed by atoms with van der Waals surface area (Å²) in [6, 6.07) is 15.4. The summed E-state index contributed by atoms with van der Waals surface area (Å²) in [4.78, 5) is 9.62. The first-order chi connectivity index (χ1) is 13.0. The van der Waals surface area contributed by atoms with Crippen molar-refractivity contribution in [1.82, 2.24) is 9.97 Å². The third-order valence-electron chi connectivity index (χ3n) is 5.56. The number of pyridine rings is 1. The fraction of sp³-hybridized carbons (Fsp3) is 0.160. The SMILES string of the molecule is Cc1ccc2c(c1)c1cc(C)cnc1c1[n-]cc(-c3c(C)cccc3C)c21.[Ir]. The van der Waals surface area contributed by atoms with Crippen LogP contribution in [0.3, 0.4) is 0 Å². The average Bonchev–Trinajstić information content (AvgIpc) is 3.06. The van der Waals surface area contributed by atoms with Gasteiger partial charge >= 0.3 is 0 Å². The quantitative estimate of drug-likeness (QED) is 0.230. The van der Waals surface area contributed by atoms with Gasteiger partial charge in [-0.15, -0.1) is 5.52 Å².